The van der Waals surface area contributed by atoms with Crippen LogP contribution in [-0.4, -0.2) is 31.3 Å². The third-order valence-corrected chi connectivity index (χ3v) is 5.44. The smallest absolute Gasteiger partial charge is 0.312 e. The molecule has 2 saturated carbocycles. The van der Waals surface area contributed by atoms with Gasteiger partial charge in [-0.05, 0) is 43.9 Å². The van der Waals surface area contributed by atoms with Crippen molar-refractivity contribution in [2.24, 2.45) is 17.3 Å². The molecular formula is C14H24O5S. The maximum atomic E-state index is 12.4. The summed E-state index contributed by atoms with van der Waals surface area (Å²) in [6, 6.07) is 0. The molecule has 0 spiro atoms. The van der Waals surface area contributed by atoms with E-state index in [1.165, 1.54) is 12.8 Å². The van der Waals surface area contributed by atoms with Gasteiger partial charge in [0.1, 0.15) is 0 Å². The van der Waals surface area contributed by atoms with Crippen molar-refractivity contribution in [3.8, 4) is 0 Å². The number of ether oxygens (including phenoxy) is 1. The second-order valence-electron chi connectivity index (χ2n) is 6.56. The van der Waals surface area contributed by atoms with Crippen LogP contribution >= 0.6 is 0 Å². The van der Waals surface area contributed by atoms with Crippen LogP contribution in [0.2, 0.25) is 0 Å². The van der Waals surface area contributed by atoms with E-state index < -0.39 is 10.1 Å². The fraction of sp³-hybridized carbons (Fsp3) is 0.929. The Morgan fingerprint density at radius 2 is 2.15 bits per heavy atom. The first kappa shape index (κ1) is 15.8. The third-order valence-electron chi connectivity index (χ3n) is 4.63. The number of hydrogen-bond acceptors (Lipinski definition) is 4. The minimum Gasteiger partial charge on any atom is -0.465 e. The van der Waals surface area contributed by atoms with E-state index in [0.717, 1.165) is 25.7 Å². The van der Waals surface area contributed by atoms with Crippen LogP contribution in [-0.2, 0) is 19.6 Å². The zero-order valence-electron chi connectivity index (χ0n) is 12.0. The molecule has 0 amide bonds. The standard InChI is InChI=1S/C14H24O5S/c1-11-8-12-4-2-5-14(9-11,10-12)13(15)19-6-3-7-20(16,17)18/h11-12H,2-10H2,1H3,(H,16,17,18). The third kappa shape index (κ3) is 3.95. The van der Waals surface area contributed by atoms with Crippen LogP contribution < -0.4 is 0 Å². The highest BCUT2D eigenvalue weighted by Crippen LogP contribution is 2.51. The maximum absolute atomic E-state index is 12.4. The second kappa shape index (κ2) is 6.02. The number of rotatable bonds is 5. The Hall–Kier alpha value is -0.620. The first-order valence-corrected chi connectivity index (χ1v) is 9.04. The zero-order valence-corrected chi connectivity index (χ0v) is 12.8. The molecule has 3 unspecified atom stereocenters. The molecule has 2 aliphatic rings. The lowest BCUT2D eigenvalue weighted by atomic mass is 9.59. The number of esters is 1. The highest BCUT2D eigenvalue weighted by atomic mass is 32.2. The fourth-order valence-corrected chi connectivity index (χ4v) is 4.50. The van der Waals surface area contributed by atoms with Crippen molar-refractivity contribution in [2.75, 3.05) is 12.4 Å². The molecule has 1 N–H and O–H groups in total. The second-order valence-corrected chi connectivity index (χ2v) is 8.14. The van der Waals surface area contributed by atoms with Crippen LogP contribution in [0.5, 0.6) is 0 Å². The quantitative estimate of drug-likeness (QED) is 0.479. The Morgan fingerprint density at radius 3 is 2.85 bits per heavy atom. The molecule has 0 aromatic heterocycles. The lowest BCUT2D eigenvalue weighted by Crippen LogP contribution is -2.43. The largest absolute Gasteiger partial charge is 0.465 e. The van der Waals surface area contributed by atoms with Gasteiger partial charge in [-0.3, -0.25) is 9.35 Å². The molecule has 0 aliphatic heterocycles. The van der Waals surface area contributed by atoms with Crippen molar-refractivity contribution in [1.82, 2.24) is 0 Å². The van der Waals surface area contributed by atoms with Crippen LogP contribution in [0.1, 0.15) is 51.9 Å². The molecule has 20 heavy (non-hydrogen) atoms. The van der Waals surface area contributed by atoms with Crippen molar-refractivity contribution < 1.29 is 22.5 Å². The van der Waals surface area contributed by atoms with Gasteiger partial charge < -0.3 is 4.74 Å². The summed E-state index contributed by atoms with van der Waals surface area (Å²) in [6.45, 7) is 2.26. The molecule has 2 aliphatic carbocycles. The normalized spacial score (nSPS) is 33.7. The van der Waals surface area contributed by atoms with Crippen molar-refractivity contribution >= 4 is 16.1 Å². The molecule has 6 heteroatoms. The van der Waals surface area contributed by atoms with E-state index in [9.17, 15) is 13.2 Å². The van der Waals surface area contributed by atoms with E-state index in [0.29, 0.717) is 11.8 Å². The van der Waals surface area contributed by atoms with Crippen molar-refractivity contribution in [3.63, 3.8) is 0 Å². The van der Waals surface area contributed by atoms with Gasteiger partial charge in [0.15, 0.2) is 0 Å². The molecule has 0 radical (unpaired) electrons. The monoisotopic (exact) mass is 304 g/mol. The van der Waals surface area contributed by atoms with Gasteiger partial charge in [0.05, 0.1) is 17.8 Å². The minimum atomic E-state index is -3.97. The molecule has 0 heterocycles. The van der Waals surface area contributed by atoms with Gasteiger partial charge >= 0.3 is 5.97 Å². The summed E-state index contributed by atoms with van der Waals surface area (Å²) in [6.07, 6.45) is 6.36. The Kier molecular flexibility index (Phi) is 4.74. The first-order valence-electron chi connectivity index (χ1n) is 7.43. The van der Waals surface area contributed by atoms with Crippen molar-refractivity contribution in [1.29, 1.82) is 0 Å². The molecule has 0 saturated heterocycles. The lowest BCUT2D eigenvalue weighted by molar-refractivity contribution is -0.163. The molecule has 0 aromatic carbocycles. The summed E-state index contributed by atoms with van der Waals surface area (Å²) in [5.74, 6) is 0.674. The number of fused-ring (bicyclic) bond motifs is 2. The van der Waals surface area contributed by atoms with Gasteiger partial charge in [-0.1, -0.05) is 19.8 Å². The van der Waals surface area contributed by atoms with E-state index in [-0.39, 0.29) is 30.2 Å². The Morgan fingerprint density at radius 1 is 1.40 bits per heavy atom. The molecule has 5 nitrogen and oxygen atoms in total. The van der Waals surface area contributed by atoms with Crippen LogP contribution in [0.15, 0.2) is 0 Å². The van der Waals surface area contributed by atoms with E-state index >= 15 is 0 Å². The molecule has 116 valence electrons. The summed E-state index contributed by atoms with van der Waals surface area (Å²) in [5.41, 5.74) is -0.335. The Balaban J connectivity index is 1.87. The van der Waals surface area contributed by atoms with Gasteiger partial charge in [0.2, 0.25) is 0 Å². The summed E-state index contributed by atoms with van der Waals surface area (Å²) in [5, 5.41) is 0. The van der Waals surface area contributed by atoms with Gasteiger partial charge in [-0.15, -0.1) is 0 Å². The minimum absolute atomic E-state index is 0.0689. The van der Waals surface area contributed by atoms with E-state index in [4.69, 9.17) is 9.29 Å². The SMILES string of the molecule is CC1CC2CCCC(C(=O)OCCCS(=O)(=O)O)(C1)C2. The number of hydrogen-bond donors (Lipinski definition) is 1. The summed E-state index contributed by atoms with van der Waals surface area (Å²) in [4.78, 5) is 12.4. The van der Waals surface area contributed by atoms with Crippen LogP contribution in [0.25, 0.3) is 0 Å². The highest BCUT2D eigenvalue weighted by Gasteiger charge is 2.48. The van der Waals surface area contributed by atoms with Crippen LogP contribution in [0, 0.1) is 17.3 Å². The van der Waals surface area contributed by atoms with Crippen LogP contribution in [0.4, 0.5) is 0 Å². The van der Waals surface area contributed by atoms with E-state index in [2.05, 4.69) is 6.92 Å². The Labute approximate surface area is 120 Å². The number of carbonyl (C=O) groups is 1. The van der Waals surface area contributed by atoms with E-state index in [1.807, 2.05) is 0 Å². The average molecular weight is 304 g/mol. The summed E-state index contributed by atoms with van der Waals surface area (Å²) < 4.78 is 35.1. The van der Waals surface area contributed by atoms with E-state index in [1.54, 1.807) is 0 Å². The molecule has 2 rings (SSSR count). The summed E-state index contributed by atoms with van der Waals surface area (Å²) >= 11 is 0. The first-order chi connectivity index (χ1) is 9.31. The Bertz CT molecular complexity index is 454. The van der Waals surface area contributed by atoms with Gasteiger partial charge in [-0.2, -0.15) is 8.42 Å². The van der Waals surface area contributed by atoms with Gasteiger partial charge in [-0.25, -0.2) is 0 Å². The fourth-order valence-electron chi connectivity index (χ4n) is 4.02. The molecule has 2 bridgehead atoms. The maximum Gasteiger partial charge on any atom is 0.312 e. The lowest BCUT2D eigenvalue weighted by Gasteiger charge is -2.45. The predicted octanol–water partition coefficient (Wildman–Crippen LogP) is 2.41. The molecule has 2 fully saturated rings. The van der Waals surface area contributed by atoms with Crippen molar-refractivity contribution in [3.05, 3.63) is 0 Å². The molecule has 0 aromatic rings. The summed E-state index contributed by atoms with van der Waals surface area (Å²) in [7, 11) is -3.97. The van der Waals surface area contributed by atoms with Crippen LogP contribution in [0.3, 0.4) is 0 Å². The van der Waals surface area contributed by atoms with Gasteiger partial charge in [0.25, 0.3) is 10.1 Å². The average Bonchev–Trinajstić information content (AvgIpc) is 2.32. The highest BCUT2D eigenvalue weighted by molar-refractivity contribution is 7.85. The molecular weight excluding hydrogens is 280 g/mol. The van der Waals surface area contributed by atoms with Gasteiger partial charge in [0, 0.05) is 0 Å². The number of carbonyl (C=O) groups excluding carboxylic acids is 1. The topological polar surface area (TPSA) is 80.7 Å². The predicted molar refractivity (Wildman–Crippen MR) is 74.8 cm³/mol. The van der Waals surface area contributed by atoms with Crippen molar-refractivity contribution in [2.45, 2.75) is 51.9 Å². The molecule has 3 atom stereocenters. The zero-order chi connectivity index (χ0) is 14.8.